The zero-order valence-electron chi connectivity index (χ0n) is 14.2. The highest BCUT2D eigenvalue weighted by Crippen LogP contribution is 2.06. The van der Waals surface area contributed by atoms with Gasteiger partial charge < -0.3 is 14.7 Å². The molecule has 0 aromatic heterocycles. The predicted octanol–water partition coefficient (Wildman–Crippen LogP) is 4.94. The van der Waals surface area contributed by atoms with Gasteiger partial charge in [-0.15, -0.1) is 0 Å². The molecule has 130 valence electrons. The van der Waals surface area contributed by atoms with Gasteiger partial charge in [0.1, 0.15) is 12.6 Å². The minimum absolute atomic E-state index is 0.272. The molecule has 0 saturated carbocycles. The largest absolute Gasteiger partial charge is 0.481 e. The van der Waals surface area contributed by atoms with Gasteiger partial charge in [0.05, 0.1) is 0 Å². The summed E-state index contributed by atoms with van der Waals surface area (Å²) in [5.41, 5.74) is 0. The predicted molar refractivity (Wildman–Crippen MR) is 90.1 cm³/mol. The Morgan fingerprint density at radius 2 is 1.14 bits per heavy atom. The van der Waals surface area contributed by atoms with E-state index < -0.39 is 5.97 Å². The summed E-state index contributed by atoms with van der Waals surface area (Å²) in [6.45, 7) is 2.21. The van der Waals surface area contributed by atoms with E-state index in [1.165, 1.54) is 32.1 Å². The van der Waals surface area contributed by atoms with Crippen molar-refractivity contribution in [2.45, 2.75) is 96.8 Å². The van der Waals surface area contributed by atoms with Crippen molar-refractivity contribution in [1.82, 2.24) is 0 Å². The number of hydrogen-bond donors (Lipinski definition) is 1. The average Bonchev–Trinajstić information content (AvgIpc) is 2.50. The van der Waals surface area contributed by atoms with Crippen LogP contribution in [0, 0.1) is 0 Å². The highest BCUT2D eigenvalue weighted by Gasteiger charge is 1.95. The van der Waals surface area contributed by atoms with Crippen LogP contribution in [-0.2, 0) is 14.4 Å². The fraction of sp³-hybridized carbons (Fsp3) is 0.833. The van der Waals surface area contributed by atoms with Crippen LogP contribution in [0.4, 0.5) is 0 Å². The number of carboxylic acids is 1. The highest BCUT2D eigenvalue weighted by atomic mass is 16.4. The third kappa shape index (κ3) is 27.2. The van der Waals surface area contributed by atoms with Gasteiger partial charge in [0, 0.05) is 19.3 Å². The zero-order chi connectivity index (χ0) is 16.9. The Kier molecular flexibility index (Phi) is 23.2. The Hall–Kier alpha value is -1.19. The second-order valence-corrected chi connectivity index (χ2v) is 5.59. The summed E-state index contributed by atoms with van der Waals surface area (Å²) >= 11 is 0. The van der Waals surface area contributed by atoms with Gasteiger partial charge in [-0.2, -0.15) is 0 Å². The van der Waals surface area contributed by atoms with E-state index in [4.69, 9.17) is 5.11 Å². The van der Waals surface area contributed by atoms with Crippen LogP contribution < -0.4 is 0 Å². The molecule has 0 unspecified atom stereocenters. The van der Waals surface area contributed by atoms with E-state index in [1.54, 1.807) is 0 Å². The number of hydrogen-bond acceptors (Lipinski definition) is 3. The van der Waals surface area contributed by atoms with Crippen molar-refractivity contribution < 1.29 is 19.5 Å². The van der Waals surface area contributed by atoms with Crippen molar-refractivity contribution in [1.29, 1.82) is 0 Å². The van der Waals surface area contributed by atoms with Crippen LogP contribution in [-0.4, -0.2) is 23.6 Å². The van der Waals surface area contributed by atoms with Crippen LogP contribution in [0.5, 0.6) is 0 Å². The number of unbranched alkanes of at least 4 members (excludes halogenated alkanes) is 11. The summed E-state index contributed by atoms with van der Waals surface area (Å²) in [5.74, 6) is -0.720. The molecule has 0 amide bonds. The smallest absolute Gasteiger partial charge is 0.303 e. The molecule has 4 heteroatoms. The summed E-state index contributed by atoms with van der Waals surface area (Å²) in [7, 11) is 0. The molecule has 0 atom stereocenters. The maximum atomic E-state index is 10.1. The number of carboxylic acid groups (broad SMARTS) is 1. The lowest BCUT2D eigenvalue weighted by Crippen LogP contribution is -1.93. The third-order valence-electron chi connectivity index (χ3n) is 3.39. The Balaban J connectivity index is 0. The van der Waals surface area contributed by atoms with Crippen molar-refractivity contribution in [3.05, 3.63) is 0 Å². The van der Waals surface area contributed by atoms with Crippen molar-refractivity contribution in [3.63, 3.8) is 0 Å². The van der Waals surface area contributed by atoms with Gasteiger partial charge in [0.2, 0.25) is 0 Å². The third-order valence-corrected chi connectivity index (χ3v) is 3.39. The lowest BCUT2D eigenvalue weighted by molar-refractivity contribution is -0.137. The van der Waals surface area contributed by atoms with E-state index >= 15 is 0 Å². The van der Waals surface area contributed by atoms with Crippen LogP contribution in [0.1, 0.15) is 96.8 Å². The van der Waals surface area contributed by atoms with Crippen LogP contribution >= 0.6 is 0 Å². The molecule has 0 heterocycles. The van der Waals surface area contributed by atoms with E-state index in [0.29, 0.717) is 6.42 Å². The van der Waals surface area contributed by atoms with E-state index in [0.717, 1.165) is 57.5 Å². The maximum Gasteiger partial charge on any atom is 0.303 e. The summed E-state index contributed by atoms with van der Waals surface area (Å²) in [6.07, 6.45) is 16.0. The Morgan fingerprint density at radius 3 is 1.55 bits per heavy atom. The van der Waals surface area contributed by atoms with E-state index in [1.807, 2.05) is 0 Å². The number of carbonyl (C=O) groups is 3. The molecule has 0 aromatic carbocycles. The molecule has 0 bridgehead atoms. The molecule has 0 aromatic rings. The normalized spacial score (nSPS) is 9.68. The molecule has 1 N–H and O–H groups in total. The minimum Gasteiger partial charge on any atom is -0.481 e. The minimum atomic E-state index is -0.720. The first kappa shape index (κ1) is 23.1. The van der Waals surface area contributed by atoms with Crippen LogP contribution in [0.2, 0.25) is 0 Å². The summed E-state index contributed by atoms with van der Waals surface area (Å²) in [6, 6.07) is 0. The molecular formula is C18H34O4. The van der Waals surface area contributed by atoms with Gasteiger partial charge in [-0.25, -0.2) is 0 Å². The number of aldehydes is 2. The maximum absolute atomic E-state index is 10.1. The molecule has 0 spiro atoms. The molecule has 0 aliphatic rings. The van der Waals surface area contributed by atoms with E-state index in [9.17, 15) is 14.4 Å². The molecule has 22 heavy (non-hydrogen) atoms. The molecular weight excluding hydrogens is 280 g/mol. The van der Waals surface area contributed by atoms with Crippen molar-refractivity contribution in [3.8, 4) is 0 Å². The fourth-order valence-electron chi connectivity index (χ4n) is 2.04. The van der Waals surface area contributed by atoms with E-state index in [2.05, 4.69) is 6.92 Å². The van der Waals surface area contributed by atoms with Crippen molar-refractivity contribution in [2.75, 3.05) is 0 Å². The molecule has 4 nitrogen and oxygen atoms in total. The van der Waals surface area contributed by atoms with Crippen LogP contribution in [0.25, 0.3) is 0 Å². The van der Waals surface area contributed by atoms with Gasteiger partial charge in [-0.3, -0.25) is 4.79 Å². The van der Waals surface area contributed by atoms with E-state index in [-0.39, 0.29) is 6.42 Å². The Morgan fingerprint density at radius 1 is 0.727 bits per heavy atom. The number of carbonyl (C=O) groups excluding carboxylic acids is 2. The van der Waals surface area contributed by atoms with Crippen molar-refractivity contribution >= 4 is 18.5 Å². The molecule has 0 aliphatic carbocycles. The first-order valence-electron chi connectivity index (χ1n) is 8.78. The van der Waals surface area contributed by atoms with Gasteiger partial charge in [0.15, 0.2) is 0 Å². The zero-order valence-corrected chi connectivity index (χ0v) is 14.2. The first-order chi connectivity index (χ1) is 10.7. The SMILES string of the molecule is CCCCCCCCC=O.O=CCCCCCCCC(=O)O. The topological polar surface area (TPSA) is 71.4 Å². The summed E-state index contributed by atoms with van der Waals surface area (Å²) < 4.78 is 0. The molecule has 0 fully saturated rings. The standard InChI is InChI=1S/C9H16O3.C9H18O/c10-8-6-4-2-1-3-5-7-9(11)12;1-2-3-4-5-6-7-8-9-10/h8H,1-7H2,(H,11,12);9H,2-8H2,1H3. The Labute approximate surface area is 135 Å². The average molecular weight is 314 g/mol. The highest BCUT2D eigenvalue weighted by molar-refractivity contribution is 5.66. The summed E-state index contributed by atoms with van der Waals surface area (Å²) in [4.78, 5) is 29.9. The number of aliphatic carboxylic acids is 1. The lowest BCUT2D eigenvalue weighted by atomic mass is 10.1. The Bertz CT molecular complexity index is 251. The van der Waals surface area contributed by atoms with Gasteiger partial charge in [-0.1, -0.05) is 58.3 Å². The van der Waals surface area contributed by atoms with Crippen molar-refractivity contribution in [2.24, 2.45) is 0 Å². The monoisotopic (exact) mass is 314 g/mol. The second kappa shape index (κ2) is 22.1. The van der Waals surface area contributed by atoms with Crippen LogP contribution in [0.15, 0.2) is 0 Å². The number of rotatable bonds is 15. The summed E-state index contributed by atoms with van der Waals surface area (Å²) in [5, 5.41) is 8.31. The van der Waals surface area contributed by atoms with Gasteiger partial charge in [0.25, 0.3) is 0 Å². The molecule has 0 rings (SSSR count). The fourth-order valence-corrected chi connectivity index (χ4v) is 2.04. The quantitative estimate of drug-likeness (QED) is 0.343. The van der Waals surface area contributed by atoms with Gasteiger partial charge in [-0.05, 0) is 19.3 Å². The lowest BCUT2D eigenvalue weighted by Gasteiger charge is -1.96. The molecule has 0 saturated heterocycles. The molecule has 0 aliphatic heterocycles. The van der Waals surface area contributed by atoms with Crippen LogP contribution in [0.3, 0.4) is 0 Å². The molecule has 0 radical (unpaired) electrons. The second-order valence-electron chi connectivity index (χ2n) is 5.59. The first-order valence-corrected chi connectivity index (χ1v) is 8.78. The van der Waals surface area contributed by atoms with Gasteiger partial charge >= 0.3 is 5.97 Å².